The second-order valence-electron chi connectivity index (χ2n) is 13.5. The maximum Gasteiger partial charge on any atom is 0.433 e. The topological polar surface area (TPSA) is 143 Å². The minimum Gasteiger partial charge on any atom is -0.453 e. The molecule has 1 spiro atoms. The monoisotopic (exact) mass is 666 g/mol. The summed E-state index contributed by atoms with van der Waals surface area (Å²) in [5.41, 5.74) is 0.460. The number of halogens is 3. The van der Waals surface area contributed by atoms with Crippen LogP contribution in [0.15, 0.2) is 30.7 Å². The predicted molar refractivity (Wildman–Crippen MR) is 167 cm³/mol. The molecule has 0 atom stereocenters. The summed E-state index contributed by atoms with van der Waals surface area (Å²) in [4.78, 5) is 13.3. The highest BCUT2D eigenvalue weighted by Gasteiger charge is 2.52. The number of nitrogens with zero attached hydrogens (tertiary/aromatic N) is 9. The van der Waals surface area contributed by atoms with Gasteiger partial charge in [0.05, 0.1) is 37.8 Å². The fraction of sp³-hybridized carbons (Fsp3) is 0.467. The lowest BCUT2D eigenvalue weighted by atomic mass is 9.64. The summed E-state index contributed by atoms with van der Waals surface area (Å²) in [6, 6.07) is 5.57. The molecule has 13 nitrogen and oxygen atoms in total. The van der Waals surface area contributed by atoms with Gasteiger partial charge in [-0.1, -0.05) is 19.6 Å². The van der Waals surface area contributed by atoms with Crippen LogP contribution in [0.2, 0.25) is 25.7 Å². The molecule has 0 aromatic carbocycles. The first-order valence-electron chi connectivity index (χ1n) is 15.2. The molecule has 17 heteroatoms. The van der Waals surface area contributed by atoms with Crippen LogP contribution in [0, 0.1) is 16.7 Å². The molecule has 2 fully saturated rings. The maximum atomic E-state index is 14.0. The van der Waals surface area contributed by atoms with E-state index in [1.807, 2.05) is 0 Å². The third-order valence-corrected chi connectivity index (χ3v) is 10.3. The smallest absolute Gasteiger partial charge is 0.433 e. The van der Waals surface area contributed by atoms with Crippen molar-refractivity contribution in [3.63, 3.8) is 0 Å². The molecule has 7 rings (SSSR count). The summed E-state index contributed by atoms with van der Waals surface area (Å²) in [6.07, 6.45) is 1.15. The Bertz CT molecular complexity index is 2010. The van der Waals surface area contributed by atoms with Gasteiger partial charge < -0.3 is 24.1 Å². The lowest BCUT2D eigenvalue weighted by molar-refractivity contribution is -0.182. The van der Waals surface area contributed by atoms with Gasteiger partial charge in [0.2, 0.25) is 5.95 Å². The number of aromatic nitrogens is 8. The highest BCUT2D eigenvalue weighted by molar-refractivity contribution is 6.76. The summed E-state index contributed by atoms with van der Waals surface area (Å²) < 4.78 is 63.3. The van der Waals surface area contributed by atoms with Gasteiger partial charge in [-0.2, -0.15) is 33.6 Å². The Morgan fingerprint density at radius 3 is 2.62 bits per heavy atom. The number of nitrogens with one attached hydrogen (secondary N) is 1. The minimum atomic E-state index is -4.59. The molecule has 1 N–H and O–H groups in total. The average molecular weight is 667 g/mol. The van der Waals surface area contributed by atoms with E-state index < -0.39 is 19.9 Å². The van der Waals surface area contributed by atoms with Crippen LogP contribution in [-0.4, -0.2) is 67.0 Å². The molecule has 47 heavy (non-hydrogen) atoms. The second kappa shape index (κ2) is 11.3. The van der Waals surface area contributed by atoms with Crippen molar-refractivity contribution in [1.29, 1.82) is 5.26 Å². The Labute approximate surface area is 268 Å². The van der Waals surface area contributed by atoms with Crippen molar-refractivity contribution < 1.29 is 27.4 Å². The number of rotatable bonds is 10. The minimum absolute atomic E-state index is 0.0158. The standard InChI is InChI=1S/C30H33F3N10O3Si/c1-41-25-21(11-34)22(46-20-7-18-12-37-42(27(18)36-13-20)17-44-5-6-47(2,3)4)14-35-26(25)39-28(41)38-24-8-23(30(31,32)33)43(40-24)19-9-29(10-19)15-45-16-29/h7-8,12-14,19H,5-6,9-10,15-17H2,1-4H3,(H,35,38,39,40). The number of pyridine rings is 2. The maximum absolute atomic E-state index is 14.0. The summed E-state index contributed by atoms with van der Waals surface area (Å²) in [7, 11) is 0.425. The van der Waals surface area contributed by atoms with Crippen molar-refractivity contribution in [3.05, 3.63) is 42.0 Å². The van der Waals surface area contributed by atoms with E-state index in [4.69, 9.17) is 14.2 Å². The van der Waals surface area contributed by atoms with Gasteiger partial charge >= 0.3 is 6.18 Å². The number of anilines is 2. The number of ether oxygens (including phenoxy) is 3. The molecule has 2 aliphatic rings. The van der Waals surface area contributed by atoms with E-state index in [0.717, 1.165) is 22.2 Å². The van der Waals surface area contributed by atoms with Crippen molar-refractivity contribution in [2.45, 2.75) is 57.5 Å². The van der Waals surface area contributed by atoms with Crippen LogP contribution < -0.4 is 10.1 Å². The van der Waals surface area contributed by atoms with Gasteiger partial charge in [-0.15, -0.1) is 0 Å². The van der Waals surface area contributed by atoms with E-state index in [9.17, 15) is 18.4 Å². The summed E-state index contributed by atoms with van der Waals surface area (Å²) in [5, 5.41) is 22.4. The highest BCUT2D eigenvalue weighted by Crippen LogP contribution is 2.54. The van der Waals surface area contributed by atoms with Gasteiger partial charge in [-0.3, -0.25) is 4.68 Å². The van der Waals surface area contributed by atoms with E-state index >= 15 is 0 Å². The molecule has 6 heterocycles. The molecule has 5 aromatic heterocycles. The van der Waals surface area contributed by atoms with Gasteiger partial charge in [0.25, 0.3) is 0 Å². The molecule has 0 amide bonds. The molecule has 1 aliphatic carbocycles. The summed E-state index contributed by atoms with van der Waals surface area (Å²) >= 11 is 0. The first kappa shape index (κ1) is 31.1. The third kappa shape index (κ3) is 5.92. The Hall–Kier alpha value is -4.53. The van der Waals surface area contributed by atoms with E-state index in [0.29, 0.717) is 49.6 Å². The zero-order chi connectivity index (χ0) is 33.1. The van der Waals surface area contributed by atoms with Crippen molar-refractivity contribution in [1.82, 2.24) is 39.1 Å². The van der Waals surface area contributed by atoms with Crippen molar-refractivity contribution in [3.8, 4) is 17.6 Å². The van der Waals surface area contributed by atoms with Crippen LogP contribution >= 0.6 is 0 Å². The molecule has 0 bridgehead atoms. The van der Waals surface area contributed by atoms with Gasteiger partial charge in [0.15, 0.2) is 22.9 Å². The fourth-order valence-corrected chi connectivity index (χ4v) is 6.77. The molecule has 1 aliphatic heterocycles. The van der Waals surface area contributed by atoms with Gasteiger partial charge in [0, 0.05) is 38.6 Å². The molecular weight excluding hydrogens is 633 g/mol. The Kier molecular flexibility index (Phi) is 7.48. The molecule has 0 radical (unpaired) electrons. The van der Waals surface area contributed by atoms with Crippen molar-refractivity contribution in [2.75, 3.05) is 25.1 Å². The van der Waals surface area contributed by atoms with Gasteiger partial charge in [-0.05, 0) is 25.0 Å². The lowest BCUT2D eigenvalue weighted by Crippen LogP contribution is -2.53. The van der Waals surface area contributed by atoms with Crippen LogP contribution in [-0.2, 0) is 29.4 Å². The number of fused-ring (bicyclic) bond motifs is 2. The Morgan fingerprint density at radius 1 is 1.15 bits per heavy atom. The first-order chi connectivity index (χ1) is 22.3. The van der Waals surface area contributed by atoms with E-state index in [1.165, 1.54) is 17.0 Å². The zero-order valence-electron chi connectivity index (χ0n) is 26.3. The highest BCUT2D eigenvalue weighted by atomic mass is 28.3. The van der Waals surface area contributed by atoms with Crippen LogP contribution in [0.5, 0.6) is 11.5 Å². The average Bonchev–Trinajstić information content (AvgIpc) is 3.65. The zero-order valence-corrected chi connectivity index (χ0v) is 27.3. The van der Waals surface area contributed by atoms with Crippen LogP contribution in [0.3, 0.4) is 0 Å². The largest absolute Gasteiger partial charge is 0.453 e. The number of hydrogen-bond acceptors (Lipinski definition) is 10. The van der Waals surface area contributed by atoms with Gasteiger partial charge in [-0.25, -0.2) is 14.6 Å². The molecule has 246 valence electrons. The van der Waals surface area contributed by atoms with Crippen LogP contribution in [0.25, 0.3) is 22.2 Å². The van der Waals surface area contributed by atoms with Crippen LogP contribution in [0.4, 0.5) is 24.9 Å². The molecule has 1 saturated carbocycles. The van der Waals surface area contributed by atoms with Gasteiger partial charge in [0.1, 0.15) is 35.3 Å². The number of imidazole rings is 1. The van der Waals surface area contributed by atoms with E-state index in [-0.39, 0.29) is 46.9 Å². The predicted octanol–water partition coefficient (Wildman–Crippen LogP) is 6.00. The van der Waals surface area contributed by atoms with E-state index in [1.54, 1.807) is 24.0 Å². The summed E-state index contributed by atoms with van der Waals surface area (Å²) in [5.74, 6) is 0.684. The van der Waals surface area contributed by atoms with Crippen molar-refractivity contribution >= 4 is 42.0 Å². The lowest BCUT2D eigenvalue weighted by Gasteiger charge is -2.53. The fourth-order valence-electron chi connectivity index (χ4n) is 6.01. The Balaban J connectivity index is 1.11. The van der Waals surface area contributed by atoms with E-state index in [2.05, 4.69) is 56.2 Å². The number of alkyl halides is 3. The third-order valence-electron chi connectivity index (χ3n) is 8.63. The molecular formula is C30H33F3N10O3Si. The number of nitriles is 1. The molecule has 0 unspecified atom stereocenters. The SMILES string of the molecule is Cn1c(Nc2cc(C(F)(F)F)n(C3CC4(COC4)C3)n2)nc2ncc(Oc3cnc4c(cnn4COCC[Si](C)(C)C)c3)c(C#N)c21. The molecule has 5 aromatic rings. The van der Waals surface area contributed by atoms with Crippen LogP contribution in [0.1, 0.15) is 30.1 Å². The second-order valence-corrected chi connectivity index (χ2v) is 19.1. The summed E-state index contributed by atoms with van der Waals surface area (Å²) in [6.45, 7) is 8.96. The van der Waals surface area contributed by atoms with Crippen molar-refractivity contribution in [2.24, 2.45) is 12.5 Å². The molecule has 1 saturated heterocycles. The number of hydrogen-bond donors (Lipinski definition) is 1. The normalized spacial score (nSPS) is 16.4. The number of aryl methyl sites for hydroxylation is 1. The quantitative estimate of drug-likeness (QED) is 0.139. The Morgan fingerprint density at radius 2 is 1.94 bits per heavy atom. The first-order valence-corrected chi connectivity index (χ1v) is 18.9.